The lowest BCUT2D eigenvalue weighted by Crippen LogP contribution is -2.09. The van der Waals surface area contributed by atoms with Gasteiger partial charge in [-0.2, -0.15) is 5.10 Å². The van der Waals surface area contributed by atoms with Gasteiger partial charge in [0.15, 0.2) is 11.5 Å². The van der Waals surface area contributed by atoms with Gasteiger partial charge in [-0.1, -0.05) is 0 Å². The lowest BCUT2D eigenvalue weighted by molar-refractivity contribution is 0.0518. The largest absolute Gasteiger partial charge is 0.461 e. The van der Waals surface area contributed by atoms with Crippen molar-refractivity contribution in [2.24, 2.45) is 0 Å². The standard InChI is InChI=1S/C10H10N4O2/c1-2-16-10(15)8-4-5-9(13-12-8)14-7-3-6-11-14/h3-7H,2H2,1H3. The Morgan fingerprint density at radius 2 is 2.31 bits per heavy atom. The van der Waals surface area contributed by atoms with Crippen LogP contribution < -0.4 is 0 Å². The van der Waals surface area contributed by atoms with Crippen molar-refractivity contribution in [3.63, 3.8) is 0 Å². The van der Waals surface area contributed by atoms with Crippen molar-refractivity contribution in [3.8, 4) is 5.82 Å². The van der Waals surface area contributed by atoms with E-state index in [1.165, 1.54) is 0 Å². The molecule has 0 radical (unpaired) electrons. The van der Waals surface area contributed by atoms with Crippen molar-refractivity contribution in [3.05, 3.63) is 36.3 Å². The fourth-order valence-electron chi connectivity index (χ4n) is 1.17. The summed E-state index contributed by atoms with van der Waals surface area (Å²) in [6.07, 6.45) is 3.38. The Kier molecular flexibility index (Phi) is 2.90. The van der Waals surface area contributed by atoms with E-state index in [1.807, 2.05) is 0 Å². The predicted molar refractivity (Wildman–Crippen MR) is 55.1 cm³/mol. The van der Waals surface area contributed by atoms with E-state index in [9.17, 15) is 4.79 Å². The van der Waals surface area contributed by atoms with Gasteiger partial charge in [0.2, 0.25) is 0 Å². The summed E-state index contributed by atoms with van der Waals surface area (Å²) in [5.41, 5.74) is 0.192. The number of rotatable bonds is 3. The maximum Gasteiger partial charge on any atom is 0.358 e. The average Bonchev–Trinajstić information content (AvgIpc) is 2.83. The molecule has 2 aromatic rings. The van der Waals surface area contributed by atoms with E-state index >= 15 is 0 Å². The summed E-state index contributed by atoms with van der Waals surface area (Å²) in [4.78, 5) is 11.3. The van der Waals surface area contributed by atoms with Gasteiger partial charge in [0, 0.05) is 12.4 Å². The summed E-state index contributed by atoms with van der Waals surface area (Å²) in [5, 5.41) is 11.6. The van der Waals surface area contributed by atoms with Gasteiger partial charge in [-0.15, -0.1) is 10.2 Å². The molecule has 0 aliphatic rings. The molecule has 0 aromatic carbocycles. The highest BCUT2D eigenvalue weighted by molar-refractivity contribution is 5.86. The highest BCUT2D eigenvalue weighted by Gasteiger charge is 2.09. The minimum absolute atomic E-state index is 0.192. The zero-order chi connectivity index (χ0) is 11.4. The molecule has 0 amide bonds. The SMILES string of the molecule is CCOC(=O)c1ccc(-n2cccn2)nn1. The van der Waals surface area contributed by atoms with Crippen molar-refractivity contribution >= 4 is 5.97 Å². The molecule has 0 fully saturated rings. The van der Waals surface area contributed by atoms with Gasteiger partial charge in [0.1, 0.15) is 0 Å². The van der Waals surface area contributed by atoms with Crippen molar-refractivity contribution in [2.75, 3.05) is 6.61 Å². The van der Waals surface area contributed by atoms with Crippen LogP contribution in [-0.2, 0) is 4.74 Å². The molecule has 6 nitrogen and oxygen atoms in total. The Morgan fingerprint density at radius 1 is 1.44 bits per heavy atom. The zero-order valence-electron chi connectivity index (χ0n) is 8.70. The van der Waals surface area contributed by atoms with Gasteiger partial charge >= 0.3 is 5.97 Å². The van der Waals surface area contributed by atoms with Gasteiger partial charge in [0.25, 0.3) is 0 Å². The van der Waals surface area contributed by atoms with Crippen molar-refractivity contribution in [1.29, 1.82) is 0 Å². The lowest BCUT2D eigenvalue weighted by atomic mass is 10.4. The molecule has 0 unspecified atom stereocenters. The minimum atomic E-state index is -0.470. The second-order valence-corrected chi connectivity index (χ2v) is 2.95. The molecule has 0 atom stereocenters. The van der Waals surface area contributed by atoms with Crippen molar-refractivity contribution < 1.29 is 9.53 Å². The number of hydrogen-bond acceptors (Lipinski definition) is 5. The fourth-order valence-corrected chi connectivity index (χ4v) is 1.17. The highest BCUT2D eigenvalue weighted by Crippen LogP contribution is 2.02. The van der Waals surface area contributed by atoms with Crippen LogP contribution in [0.3, 0.4) is 0 Å². The second kappa shape index (κ2) is 4.52. The normalized spacial score (nSPS) is 10.1. The zero-order valence-corrected chi connectivity index (χ0v) is 8.70. The topological polar surface area (TPSA) is 69.9 Å². The number of nitrogens with zero attached hydrogens (tertiary/aromatic N) is 4. The first-order valence-corrected chi connectivity index (χ1v) is 4.82. The molecule has 82 valence electrons. The summed E-state index contributed by atoms with van der Waals surface area (Å²) < 4.78 is 6.35. The molecule has 0 spiro atoms. The van der Waals surface area contributed by atoms with Crippen LogP contribution in [0, 0.1) is 0 Å². The van der Waals surface area contributed by atoms with Gasteiger partial charge in [-0.3, -0.25) is 0 Å². The van der Waals surface area contributed by atoms with Gasteiger partial charge in [-0.05, 0) is 25.1 Å². The third-order valence-corrected chi connectivity index (χ3v) is 1.87. The van der Waals surface area contributed by atoms with E-state index < -0.39 is 5.97 Å². The molecular weight excluding hydrogens is 208 g/mol. The number of aromatic nitrogens is 4. The summed E-state index contributed by atoms with van der Waals surface area (Å²) in [5.74, 6) is 0.0834. The van der Waals surface area contributed by atoms with Crippen LogP contribution in [-0.4, -0.2) is 32.6 Å². The molecule has 0 saturated carbocycles. The van der Waals surface area contributed by atoms with Crippen LogP contribution in [0.25, 0.3) is 5.82 Å². The van der Waals surface area contributed by atoms with Crippen LogP contribution in [0.1, 0.15) is 17.4 Å². The molecular formula is C10H10N4O2. The molecule has 0 aliphatic heterocycles. The summed E-state index contributed by atoms with van der Waals surface area (Å²) in [6, 6.07) is 5.00. The lowest BCUT2D eigenvalue weighted by Gasteiger charge is -2.01. The van der Waals surface area contributed by atoms with E-state index in [-0.39, 0.29) is 5.69 Å². The molecule has 0 saturated heterocycles. The first-order valence-electron chi connectivity index (χ1n) is 4.82. The maximum atomic E-state index is 11.3. The highest BCUT2D eigenvalue weighted by atomic mass is 16.5. The van der Waals surface area contributed by atoms with E-state index in [4.69, 9.17) is 4.74 Å². The van der Waals surface area contributed by atoms with Crippen LogP contribution in [0.15, 0.2) is 30.6 Å². The number of carbonyl (C=O) groups excluding carboxylic acids is 1. The van der Waals surface area contributed by atoms with Gasteiger partial charge in [0.05, 0.1) is 6.61 Å². The molecule has 16 heavy (non-hydrogen) atoms. The number of esters is 1. The average molecular weight is 218 g/mol. The predicted octanol–water partition coefficient (Wildman–Crippen LogP) is 0.839. The monoisotopic (exact) mass is 218 g/mol. The Hall–Kier alpha value is -2.24. The number of hydrogen-bond donors (Lipinski definition) is 0. The fraction of sp³-hybridized carbons (Fsp3) is 0.200. The Balaban J connectivity index is 2.20. The Labute approximate surface area is 91.9 Å². The molecule has 0 aliphatic carbocycles. The quantitative estimate of drug-likeness (QED) is 0.714. The summed E-state index contributed by atoms with van der Waals surface area (Å²) >= 11 is 0. The molecule has 2 rings (SSSR count). The first kappa shape index (κ1) is 10.3. The van der Waals surface area contributed by atoms with E-state index in [0.29, 0.717) is 12.4 Å². The second-order valence-electron chi connectivity index (χ2n) is 2.95. The Morgan fingerprint density at radius 3 is 2.88 bits per heavy atom. The van der Waals surface area contributed by atoms with E-state index in [0.717, 1.165) is 0 Å². The van der Waals surface area contributed by atoms with Crippen LogP contribution in [0.5, 0.6) is 0 Å². The minimum Gasteiger partial charge on any atom is -0.461 e. The van der Waals surface area contributed by atoms with Crippen molar-refractivity contribution in [1.82, 2.24) is 20.0 Å². The smallest absolute Gasteiger partial charge is 0.358 e. The molecule has 0 bridgehead atoms. The third kappa shape index (κ3) is 2.05. The Bertz CT molecular complexity index is 464. The van der Waals surface area contributed by atoms with Gasteiger partial charge in [-0.25, -0.2) is 9.48 Å². The number of carbonyl (C=O) groups is 1. The molecule has 6 heteroatoms. The molecule has 0 N–H and O–H groups in total. The summed E-state index contributed by atoms with van der Waals surface area (Å²) in [7, 11) is 0. The molecule has 2 aromatic heterocycles. The van der Waals surface area contributed by atoms with Crippen molar-refractivity contribution in [2.45, 2.75) is 6.92 Å². The summed E-state index contributed by atoms with van der Waals surface area (Å²) in [6.45, 7) is 2.06. The van der Waals surface area contributed by atoms with Crippen LogP contribution in [0.2, 0.25) is 0 Å². The number of ether oxygens (including phenoxy) is 1. The first-order chi connectivity index (χ1) is 7.81. The third-order valence-electron chi connectivity index (χ3n) is 1.87. The van der Waals surface area contributed by atoms with E-state index in [1.54, 1.807) is 42.2 Å². The molecule has 2 heterocycles. The van der Waals surface area contributed by atoms with Crippen LogP contribution >= 0.6 is 0 Å². The van der Waals surface area contributed by atoms with Gasteiger partial charge < -0.3 is 4.74 Å². The maximum absolute atomic E-state index is 11.3. The van der Waals surface area contributed by atoms with E-state index in [2.05, 4.69) is 15.3 Å². The van der Waals surface area contributed by atoms with Crippen LogP contribution in [0.4, 0.5) is 0 Å².